The van der Waals surface area contributed by atoms with Crippen LogP contribution in [0, 0.1) is 13.8 Å². The van der Waals surface area contributed by atoms with Crippen molar-refractivity contribution in [3.63, 3.8) is 0 Å². The molecule has 6 aromatic carbocycles. The van der Waals surface area contributed by atoms with Crippen LogP contribution in [0.2, 0.25) is 0 Å². The molecule has 6 rings (SSSR count). The Morgan fingerprint density at radius 1 is 0.202 bits per heavy atom. The van der Waals surface area contributed by atoms with Crippen molar-refractivity contribution in [3.8, 4) is 45.6 Å². The third kappa shape index (κ3) is 18.4. The lowest BCUT2D eigenvalue weighted by Crippen LogP contribution is -2.23. The van der Waals surface area contributed by atoms with E-state index in [1.165, 1.54) is 33.4 Å². The van der Waals surface area contributed by atoms with Crippen LogP contribution in [0.3, 0.4) is 0 Å². The Labute approximate surface area is 577 Å². The first-order valence-corrected chi connectivity index (χ1v) is 36.9. The highest BCUT2D eigenvalue weighted by Crippen LogP contribution is 2.60. The zero-order chi connectivity index (χ0) is 72.0. The van der Waals surface area contributed by atoms with E-state index in [4.69, 9.17) is 27.1 Å². The molecule has 8 heteroatoms. The van der Waals surface area contributed by atoms with Crippen molar-refractivity contribution in [3.05, 3.63) is 163 Å². The second-order valence-electron chi connectivity index (χ2n) is 39.4. The minimum atomic E-state index is -2.31. The third-order valence-corrected chi connectivity index (χ3v) is 20.2. The molecule has 0 fully saturated rings. The van der Waals surface area contributed by atoms with Gasteiger partial charge in [0.15, 0.2) is 0 Å². The van der Waals surface area contributed by atoms with Gasteiger partial charge in [0.25, 0.3) is 0 Å². The molecule has 0 radical (unpaired) electrons. The first-order valence-electron chi connectivity index (χ1n) is 34.7. The molecule has 0 aliphatic rings. The summed E-state index contributed by atoms with van der Waals surface area (Å²) in [5.74, 6) is 4.24. The minimum absolute atomic E-state index is 0.103. The van der Waals surface area contributed by atoms with Crippen LogP contribution in [0.1, 0.15) is 327 Å². The second kappa shape index (κ2) is 26.3. The summed E-state index contributed by atoms with van der Waals surface area (Å²) in [5, 5.41) is 0. The lowest BCUT2D eigenvalue weighted by atomic mass is 9.72. The van der Waals surface area contributed by atoms with E-state index < -0.39 is 28.0 Å². The van der Waals surface area contributed by atoms with E-state index in [9.17, 15) is 0 Å². The number of hydrogen-bond donors (Lipinski definition) is 0. The largest absolute Gasteiger partial charge is 0.530 e. The lowest BCUT2D eigenvalue weighted by molar-refractivity contribution is 0.368. The minimum Gasteiger partial charge on any atom is -0.408 e. The molecular formula is C86H128O6P2. The summed E-state index contributed by atoms with van der Waals surface area (Å²) in [6.07, 6.45) is 0. The Bertz CT molecular complexity index is 3300. The average Bonchev–Trinajstić information content (AvgIpc) is 0.725. The van der Waals surface area contributed by atoms with E-state index in [-0.39, 0.29) is 54.1 Å². The normalized spacial score (nSPS) is 13.8. The van der Waals surface area contributed by atoms with E-state index in [1.807, 2.05) is 0 Å². The van der Waals surface area contributed by atoms with E-state index in [2.05, 4.69) is 348 Å². The van der Waals surface area contributed by atoms with Crippen molar-refractivity contribution in [1.82, 2.24) is 0 Å². The van der Waals surface area contributed by atoms with Gasteiger partial charge < -0.3 is 27.1 Å². The van der Waals surface area contributed by atoms with Crippen molar-refractivity contribution < 1.29 is 27.1 Å². The molecule has 0 N–H and O–H groups in total. The van der Waals surface area contributed by atoms with Crippen LogP contribution < -0.4 is 27.1 Å². The predicted molar refractivity (Wildman–Crippen MR) is 409 cm³/mol. The highest BCUT2D eigenvalue weighted by Gasteiger charge is 2.41. The SMILES string of the molecule is Cc1c(C(C)(C)C)cc(C(C)(C)C)c(OP(Oc2ccc(C(C)(C)C)cc2C(C)(C)C)Oc2ccc(C(C)(C)C)cc2C(C)(C)C)c1-c1c(C)c(C(C)(C)C)cc(C(C)(C)C)c1OP(Oc1ccc(C(C)(C)C)cc1C(C)(C)C)Oc1ccc(C(C)(C)C)cc1C(C)(C)C. The fourth-order valence-corrected chi connectivity index (χ4v) is 14.4. The molecule has 6 nitrogen and oxygen atoms in total. The maximum atomic E-state index is 8.09. The molecule has 94 heavy (non-hydrogen) atoms. The Morgan fingerprint density at radius 3 is 0.543 bits per heavy atom. The topological polar surface area (TPSA) is 55.4 Å². The van der Waals surface area contributed by atoms with Crippen LogP contribution in [-0.4, -0.2) is 0 Å². The van der Waals surface area contributed by atoms with Gasteiger partial charge in [-0.05, 0) is 148 Å². The summed E-state index contributed by atoms with van der Waals surface area (Å²) >= 11 is 0. The Kier molecular flexibility index (Phi) is 21.8. The van der Waals surface area contributed by atoms with Gasteiger partial charge in [0.05, 0.1) is 0 Å². The van der Waals surface area contributed by atoms with Crippen LogP contribution in [0.5, 0.6) is 34.5 Å². The smallest absolute Gasteiger partial charge is 0.408 e. The number of hydrogen-bond acceptors (Lipinski definition) is 6. The molecule has 0 aliphatic carbocycles. The summed E-state index contributed by atoms with van der Waals surface area (Å²) in [4.78, 5) is 0. The van der Waals surface area contributed by atoms with E-state index in [0.717, 1.165) is 78.6 Å². The van der Waals surface area contributed by atoms with E-state index >= 15 is 0 Å². The van der Waals surface area contributed by atoms with Gasteiger partial charge in [-0.15, -0.1) is 0 Å². The molecule has 0 saturated heterocycles. The van der Waals surface area contributed by atoms with Crippen LogP contribution in [0.4, 0.5) is 0 Å². The number of benzene rings is 6. The van der Waals surface area contributed by atoms with Crippen LogP contribution in [-0.2, 0) is 65.0 Å². The maximum Gasteiger partial charge on any atom is 0.530 e. The van der Waals surface area contributed by atoms with Crippen molar-refractivity contribution in [2.45, 2.75) is 328 Å². The average molecular weight is 1320 g/mol. The van der Waals surface area contributed by atoms with Gasteiger partial charge >= 0.3 is 17.2 Å². The van der Waals surface area contributed by atoms with Gasteiger partial charge in [-0.1, -0.05) is 310 Å². The first kappa shape index (κ1) is 78.0. The van der Waals surface area contributed by atoms with Crippen molar-refractivity contribution >= 4 is 17.2 Å². The van der Waals surface area contributed by atoms with E-state index in [1.54, 1.807) is 0 Å². The molecule has 0 unspecified atom stereocenters. The van der Waals surface area contributed by atoms with Gasteiger partial charge in [-0.3, -0.25) is 0 Å². The van der Waals surface area contributed by atoms with Crippen molar-refractivity contribution in [2.75, 3.05) is 0 Å². The summed E-state index contributed by atoms with van der Waals surface area (Å²) in [6.45, 7) is 86.6. The highest BCUT2D eigenvalue weighted by atomic mass is 31.2. The molecule has 0 heterocycles. The monoisotopic (exact) mass is 1320 g/mol. The molecule has 0 atom stereocenters. The molecule has 518 valence electrons. The second-order valence-corrected chi connectivity index (χ2v) is 41.4. The van der Waals surface area contributed by atoms with Gasteiger partial charge in [-0.2, -0.15) is 0 Å². The molecule has 0 bridgehead atoms. The van der Waals surface area contributed by atoms with Gasteiger partial charge in [0.2, 0.25) is 0 Å². The Morgan fingerprint density at radius 2 is 0.383 bits per heavy atom. The lowest BCUT2D eigenvalue weighted by Gasteiger charge is -2.36. The molecule has 0 aliphatic heterocycles. The molecule has 0 aromatic heterocycles. The molecule has 0 saturated carbocycles. The predicted octanol–water partition coefficient (Wildman–Crippen LogP) is 27.1. The van der Waals surface area contributed by atoms with Crippen LogP contribution in [0.15, 0.2) is 84.9 Å². The molecule has 0 spiro atoms. The van der Waals surface area contributed by atoms with Crippen LogP contribution in [0.25, 0.3) is 11.1 Å². The number of rotatable bonds is 13. The zero-order valence-electron chi connectivity index (χ0n) is 66.4. The van der Waals surface area contributed by atoms with Crippen molar-refractivity contribution in [2.24, 2.45) is 0 Å². The zero-order valence-corrected chi connectivity index (χ0v) is 68.2. The molecule has 0 amide bonds. The summed E-state index contributed by atoms with van der Waals surface area (Å²) in [5.41, 5.74) is 14.5. The third-order valence-electron chi connectivity index (χ3n) is 18.2. The summed E-state index contributed by atoms with van der Waals surface area (Å²) in [7, 11) is -4.63. The molecular weight excluding hydrogens is 1190 g/mol. The van der Waals surface area contributed by atoms with Crippen LogP contribution >= 0.6 is 17.2 Å². The fraction of sp³-hybridized carbons (Fsp3) is 0.581. The standard InChI is InChI=1S/C86H128O6P2/c1-53-59(79(15,16)17)51-65(85(33,34)35)73(91-93(87-67-43-39-55(75(3,4)5)47-61(67)81(21,22)23)88-68-44-40-56(76(6,7)8)48-62(68)82(24,25)26)71(53)72-54(2)60(80(18,19)20)52-66(86(36,37)38)74(72)92-94(89-69-45-41-57(77(9,10)11)49-63(69)83(27,28)29)90-70-46-42-58(78(12,13)14)50-64(70)84(30,31)32/h39-52H,1-38H3. The molecule has 6 aromatic rings. The Balaban J connectivity index is 1.88. The Hall–Kier alpha value is -5.02. The quantitative estimate of drug-likeness (QED) is 0.107. The highest BCUT2D eigenvalue weighted by molar-refractivity contribution is 7.43. The first-order chi connectivity index (χ1) is 42.0. The summed E-state index contributed by atoms with van der Waals surface area (Å²) < 4.78 is 46.6. The fourth-order valence-electron chi connectivity index (χ4n) is 12.2. The van der Waals surface area contributed by atoms with Gasteiger partial charge in [-0.25, -0.2) is 0 Å². The maximum absolute atomic E-state index is 8.09. The van der Waals surface area contributed by atoms with Gasteiger partial charge in [0, 0.05) is 44.5 Å². The van der Waals surface area contributed by atoms with Gasteiger partial charge in [0.1, 0.15) is 34.5 Å². The van der Waals surface area contributed by atoms with E-state index in [0.29, 0.717) is 11.5 Å². The van der Waals surface area contributed by atoms with Crippen molar-refractivity contribution in [1.29, 1.82) is 0 Å². The summed E-state index contributed by atoms with van der Waals surface area (Å²) in [6, 6.07) is 31.5.